The summed E-state index contributed by atoms with van der Waals surface area (Å²) >= 11 is 0. The number of fused-ring (bicyclic) bond motifs is 1. The smallest absolute Gasteiger partial charge is 0.216 e. The van der Waals surface area contributed by atoms with Crippen molar-refractivity contribution in [3.05, 3.63) is 11.8 Å². The molecule has 0 bridgehead atoms. The number of hydrogen-bond acceptors (Lipinski definition) is 3. The molecule has 0 amide bonds. The molecule has 2 heterocycles. The van der Waals surface area contributed by atoms with Crippen LogP contribution in [0.2, 0.25) is 0 Å². The summed E-state index contributed by atoms with van der Waals surface area (Å²) in [5.74, 6) is 0.850. The van der Waals surface area contributed by atoms with Crippen LogP contribution in [-0.4, -0.2) is 16.4 Å². The molecule has 2 N–H and O–H groups in total. The molecule has 0 aromatic carbocycles. The monoisotopic (exact) mass is 139 g/mol. The van der Waals surface area contributed by atoms with Crippen molar-refractivity contribution in [2.24, 2.45) is 5.73 Å². The summed E-state index contributed by atoms with van der Waals surface area (Å²) < 4.78 is 7.12. The first-order valence-corrected chi connectivity index (χ1v) is 3.29. The second-order valence-electron chi connectivity index (χ2n) is 2.25. The maximum Gasteiger partial charge on any atom is 0.216 e. The lowest BCUT2D eigenvalue weighted by Crippen LogP contribution is -1.97. The molecule has 1 aliphatic heterocycles. The van der Waals surface area contributed by atoms with Crippen molar-refractivity contribution in [3.8, 4) is 5.88 Å². The molecule has 2 rings (SSSR count). The molecule has 1 aromatic heterocycles. The summed E-state index contributed by atoms with van der Waals surface area (Å²) in [6.45, 7) is 2.10. The molecule has 0 radical (unpaired) electrons. The standard InChI is InChI=1S/C6H9N3O/c7-3-5-4-8-9-1-2-10-6(5)9/h4H,1-3,7H2. The highest BCUT2D eigenvalue weighted by Gasteiger charge is 2.15. The van der Waals surface area contributed by atoms with Gasteiger partial charge in [0.1, 0.15) is 6.61 Å². The molecule has 0 saturated carbocycles. The first kappa shape index (κ1) is 5.73. The predicted molar refractivity (Wildman–Crippen MR) is 35.6 cm³/mol. The maximum absolute atomic E-state index is 5.43. The second kappa shape index (κ2) is 1.98. The van der Waals surface area contributed by atoms with Crippen molar-refractivity contribution in [1.82, 2.24) is 9.78 Å². The fourth-order valence-electron chi connectivity index (χ4n) is 1.11. The van der Waals surface area contributed by atoms with Crippen LogP contribution in [0.3, 0.4) is 0 Å². The Morgan fingerprint density at radius 1 is 1.80 bits per heavy atom. The average Bonchev–Trinajstić information content (AvgIpc) is 2.44. The van der Waals surface area contributed by atoms with E-state index in [1.165, 1.54) is 0 Å². The van der Waals surface area contributed by atoms with Crippen LogP contribution in [-0.2, 0) is 13.1 Å². The van der Waals surface area contributed by atoms with E-state index >= 15 is 0 Å². The Hall–Kier alpha value is -1.03. The van der Waals surface area contributed by atoms with E-state index in [4.69, 9.17) is 10.5 Å². The first-order valence-electron chi connectivity index (χ1n) is 3.29. The Morgan fingerprint density at radius 2 is 2.70 bits per heavy atom. The van der Waals surface area contributed by atoms with Crippen molar-refractivity contribution in [2.45, 2.75) is 13.1 Å². The highest BCUT2D eigenvalue weighted by molar-refractivity contribution is 5.25. The Bertz CT molecular complexity index is 243. The van der Waals surface area contributed by atoms with Crippen LogP contribution in [0.1, 0.15) is 5.56 Å². The van der Waals surface area contributed by atoms with Gasteiger partial charge in [-0.05, 0) is 0 Å². The van der Waals surface area contributed by atoms with E-state index in [0.717, 1.165) is 24.6 Å². The third-order valence-corrected chi connectivity index (χ3v) is 1.62. The molecule has 0 unspecified atom stereocenters. The van der Waals surface area contributed by atoms with Crippen molar-refractivity contribution in [2.75, 3.05) is 6.61 Å². The van der Waals surface area contributed by atoms with Gasteiger partial charge in [-0.2, -0.15) is 5.10 Å². The molecule has 0 saturated heterocycles. The largest absolute Gasteiger partial charge is 0.476 e. The lowest BCUT2D eigenvalue weighted by atomic mass is 10.3. The summed E-state index contributed by atoms with van der Waals surface area (Å²) in [4.78, 5) is 0. The third-order valence-electron chi connectivity index (χ3n) is 1.62. The van der Waals surface area contributed by atoms with Gasteiger partial charge in [-0.15, -0.1) is 0 Å². The summed E-state index contributed by atoms with van der Waals surface area (Å²) in [7, 11) is 0. The zero-order valence-electron chi connectivity index (χ0n) is 5.58. The van der Waals surface area contributed by atoms with Gasteiger partial charge in [0.15, 0.2) is 0 Å². The van der Waals surface area contributed by atoms with Gasteiger partial charge in [-0.25, -0.2) is 4.68 Å². The molecule has 0 fully saturated rings. The molecule has 4 heteroatoms. The van der Waals surface area contributed by atoms with Gasteiger partial charge >= 0.3 is 0 Å². The minimum atomic E-state index is 0.509. The normalized spacial score (nSPS) is 14.9. The highest BCUT2D eigenvalue weighted by Crippen LogP contribution is 2.21. The zero-order valence-corrected chi connectivity index (χ0v) is 5.58. The fourth-order valence-corrected chi connectivity index (χ4v) is 1.11. The average molecular weight is 139 g/mol. The van der Waals surface area contributed by atoms with Crippen molar-refractivity contribution < 1.29 is 4.74 Å². The van der Waals surface area contributed by atoms with Crippen LogP contribution in [0.5, 0.6) is 5.88 Å². The van der Waals surface area contributed by atoms with Crippen LogP contribution in [0, 0.1) is 0 Å². The Balaban J connectivity index is 2.44. The van der Waals surface area contributed by atoms with Crippen LogP contribution in [0.4, 0.5) is 0 Å². The lowest BCUT2D eigenvalue weighted by molar-refractivity contribution is 0.353. The number of aromatic nitrogens is 2. The maximum atomic E-state index is 5.43. The molecule has 54 valence electrons. The van der Waals surface area contributed by atoms with Gasteiger partial charge in [-0.3, -0.25) is 0 Å². The molecule has 1 aliphatic rings. The van der Waals surface area contributed by atoms with Gasteiger partial charge in [0.2, 0.25) is 5.88 Å². The van der Waals surface area contributed by atoms with E-state index in [2.05, 4.69) is 5.10 Å². The van der Waals surface area contributed by atoms with Gasteiger partial charge in [0.25, 0.3) is 0 Å². The number of ether oxygens (including phenoxy) is 1. The van der Waals surface area contributed by atoms with E-state index in [1.54, 1.807) is 6.20 Å². The van der Waals surface area contributed by atoms with Gasteiger partial charge in [-0.1, -0.05) is 0 Å². The summed E-state index contributed by atoms with van der Waals surface area (Å²) in [5, 5.41) is 4.08. The van der Waals surface area contributed by atoms with E-state index in [-0.39, 0.29) is 0 Å². The summed E-state index contributed by atoms with van der Waals surface area (Å²) in [6.07, 6.45) is 1.76. The minimum absolute atomic E-state index is 0.509. The van der Waals surface area contributed by atoms with E-state index in [1.807, 2.05) is 4.68 Å². The van der Waals surface area contributed by atoms with Gasteiger partial charge in [0.05, 0.1) is 12.7 Å². The fraction of sp³-hybridized carbons (Fsp3) is 0.500. The predicted octanol–water partition coefficient (Wildman–Crippen LogP) is -0.266. The lowest BCUT2D eigenvalue weighted by Gasteiger charge is -1.94. The van der Waals surface area contributed by atoms with Crippen molar-refractivity contribution in [1.29, 1.82) is 0 Å². The third kappa shape index (κ3) is 0.623. The van der Waals surface area contributed by atoms with Gasteiger partial charge < -0.3 is 10.5 Å². The Kier molecular flexibility index (Phi) is 1.14. The second-order valence-corrected chi connectivity index (χ2v) is 2.25. The Morgan fingerprint density at radius 3 is 3.50 bits per heavy atom. The van der Waals surface area contributed by atoms with Crippen LogP contribution in [0.25, 0.3) is 0 Å². The SMILES string of the molecule is NCc1cnn2c1OCC2. The van der Waals surface area contributed by atoms with E-state index in [0.29, 0.717) is 6.54 Å². The number of hydrogen-bond donors (Lipinski definition) is 1. The molecule has 1 aromatic rings. The molecular weight excluding hydrogens is 130 g/mol. The quantitative estimate of drug-likeness (QED) is 0.583. The van der Waals surface area contributed by atoms with Crippen molar-refractivity contribution >= 4 is 0 Å². The molecular formula is C6H9N3O. The molecule has 0 atom stereocenters. The van der Waals surface area contributed by atoms with Crippen LogP contribution < -0.4 is 10.5 Å². The molecule has 0 aliphatic carbocycles. The van der Waals surface area contributed by atoms with Crippen LogP contribution in [0.15, 0.2) is 6.20 Å². The van der Waals surface area contributed by atoms with Crippen LogP contribution >= 0.6 is 0 Å². The highest BCUT2D eigenvalue weighted by atomic mass is 16.5. The number of nitrogens with two attached hydrogens (primary N) is 1. The van der Waals surface area contributed by atoms with E-state index < -0.39 is 0 Å². The van der Waals surface area contributed by atoms with Gasteiger partial charge in [0, 0.05) is 12.1 Å². The Labute approximate surface area is 58.6 Å². The summed E-state index contributed by atoms with van der Waals surface area (Å²) in [6, 6.07) is 0. The molecule has 10 heavy (non-hydrogen) atoms. The molecule has 4 nitrogen and oxygen atoms in total. The first-order chi connectivity index (χ1) is 4.92. The van der Waals surface area contributed by atoms with Crippen molar-refractivity contribution in [3.63, 3.8) is 0 Å². The number of rotatable bonds is 1. The van der Waals surface area contributed by atoms with E-state index in [9.17, 15) is 0 Å². The minimum Gasteiger partial charge on any atom is -0.476 e. The molecule has 0 spiro atoms. The summed E-state index contributed by atoms with van der Waals surface area (Å²) in [5.41, 5.74) is 6.43. The topological polar surface area (TPSA) is 53.1 Å². The number of nitrogens with zero attached hydrogens (tertiary/aromatic N) is 2. The zero-order chi connectivity index (χ0) is 6.97.